The van der Waals surface area contributed by atoms with E-state index in [-0.39, 0.29) is 6.03 Å². The molecule has 0 bridgehead atoms. The second kappa shape index (κ2) is 10.2. The van der Waals surface area contributed by atoms with E-state index in [4.69, 9.17) is 9.47 Å². The van der Waals surface area contributed by atoms with Crippen LogP contribution in [-0.4, -0.2) is 62.9 Å². The van der Waals surface area contributed by atoms with Crippen LogP contribution >= 0.6 is 0 Å². The fraction of sp³-hybridized carbons (Fsp3) is 0.478. The van der Waals surface area contributed by atoms with Crippen LogP contribution in [0.1, 0.15) is 23.7 Å². The summed E-state index contributed by atoms with van der Waals surface area (Å²) in [5, 5.41) is 3.04. The summed E-state index contributed by atoms with van der Waals surface area (Å²) < 4.78 is 10.9. The van der Waals surface area contributed by atoms with Crippen LogP contribution in [0.2, 0.25) is 0 Å². The highest BCUT2D eigenvalue weighted by Crippen LogP contribution is 2.28. The van der Waals surface area contributed by atoms with Crippen molar-refractivity contribution >= 4 is 11.7 Å². The molecule has 7 heteroatoms. The Bertz CT molecular complexity index is 864. The number of aryl methyl sites for hydroxylation is 2. The van der Waals surface area contributed by atoms with Gasteiger partial charge in [0.25, 0.3) is 0 Å². The van der Waals surface area contributed by atoms with Crippen LogP contribution in [0.4, 0.5) is 10.5 Å². The summed E-state index contributed by atoms with van der Waals surface area (Å²) in [5.41, 5.74) is 4.31. The number of nitrogens with one attached hydrogen (secondary N) is 1. The molecular weight excluding hydrogens is 380 g/mol. The molecule has 2 heterocycles. The molecular formula is C23H32N4O3. The number of para-hydroxylation sites is 2. The Morgan fingerprint density at radius 3 is 2.50 bits per heavy atom. The monoisotopic (exact) mass is 412 g/mol. The number of hydrogen-bond acceptors (Lipinski definition) is 5. The molecule has 1 N–H and O–H groups in total. The lowest BCUT2D eigenvalue weighted by Crippen LogP contribution is -2.52. The van der Waals surface area contributed by atoms with Crippen LogP contribution < -0.4 is 19.7 Å². The number of methoxy groups -OCH3 is 2. The number of carbonyl (C=O) groups is 1. The summed E-state index contributed by atoms with van der Waals surface area (Å²) in [6, 6.07) is 10.1. The first-order valence-corrected chi connectivity index (χ1v) is 10.5. The van der Waals surface area contributed by atoms with Crippen molar-refractivity contribution < 1.29 is 14.3 Å². The van der Waals surface area contributed by atoms with Gasteiger partial charge in [0.15, 0.2) is 0 Å². The number of aromatic nitrogens is 1. The molecule has 0 radical (unpaired) electrons. The number of piperazine rings is 1. The van der Waals surface area contributed by atoms with Gasteiger partial charge in [0.2, 0.25) is 5.88 Å². The van der Waals surface area contributed by atoms with Gasteiger partial charge >= 0.3 is 6.03 Å². The van der Waals surface area contributed by atoms with Crippen LogP contribution in [0.5, 0.6) is 11.6 Å². The van der Waals surface area contributed by atoms with Gasteiger partial charge in [-0.1, -0.05) is 19.1 Å². The van der Waals surface area contributed by atoms with E-state index in [1.807, 2.05) is 30.0 Å². The Labute approximate surface area is 179 Å². The molecule has 1 aromatic carbocycles. The van der Waals surface area contributed by atoms with Crippen LogP contribution in [0.25, 0.3) is 0 Å². The molecule has 1 aliphatic heterocycles. The summed E-state index contributed by atoms with van der Waals surface area (Å²) in [6.45, 7) is 7.59. The van der Waals surface area contributed by atoms with Gasteiger partial charge in [-0.25, -0.2) is 9.78 Å². The van der Waals surface area contributed by atoms with E-state index in [0.717, 1.165) is 42.2 Å². The number of urea groups is 1. The number of amides is 2. The molecule has 0 atom stereocenters. The van der Waals surface area contributed by atoms with E-state index in [1.165, 1.54) is 5.56 Å². The largest absolute Gasteiger partial charge is 0.495 e. The van der Waals surface area contributed by atoms with Crippen LogP contribution in [0, 0.1) is 6.92 Å². The molecule has 1 aromatic heterocycles. The Balaban J connectivity index is 1.51. The summed E-state index contributed by atoms with van der Waals surface area (Å²) in [6.07, 6.45) is 1.62. The lowest BCUT2D eigenvalue weighted by atomic mass is 10.1. The van der Waals surface area contributed by atoms with E-state index in [9.17, 15) is 4.79 Å². The zero-order chi connectivity index (χ0) is 21.5. The quantitative estimate of drug-likeness (QED) is 0.757. The highest BCUT2D eigenvalue weighted by molar-refractivity contribution is 5.74. The average Bonchev–Trinajstić information content (AvgIpc) is 2.79. The number of anilines is 1. The summed E-state index contributed by atoms with van der Waals surface area (Å²) in [5.74, 6) is 1.51. The molecule has 7 nitrogen and oxygen atoms in total. The minimum Gasteiger partial charge on any atom is -0.495 e. The summed E-state index contributed by atoms with van der Waals surface area (Å²) >= 11 is 0. The van der Waals surface area contributed by atoms with Crippen molar-refractivity contribution in [1.82, 2.24) is 15.2 Å². The maximum atomic E-state index is 12.6. The van der Waals surface area contributed by atoms with Gasteiger partial charge in [0.05, 0.1) is 19.9 Å². The molecule has 1 fully saturated rings. The minimum absolute atomic E-state index is 0.0237. The maximum absolute atomic E-state index is 12.6. The number of rotatable bonds is 7. The third kappa shape index (κ3) is 4.96. The topological polar surface area (TPSA) is 66.9 Å². The Kier molecular flexibility index (Phi) is 7.38. The second-order valence-electron chi connectivity index (χ2n) is 7.38. The van der Waals surface area contributed by atoms with Crippen LogP contribution in [0.3, 0.4) is 0 Å². The molecule has 1 saturated heterocycles. The van der Waals surface area contributed by atoms with Gasteiger partial charge in [0, 0.05) is 44.0 Å². The van der Waals surface area contributed by atoms with E-state index < -0.39 is 0 Å². The van der Waals surface area contributed by atoms with E-state index >= 15 is 0 Å². The Hall–Kier alpha value is -2.96. The van der Waals surface area contributed by atoms with Crippen molar-refractivity contribution in [2.45, 2.75) is 26.7 Å². The van der Waals surface area contributed by atoms with Gasteiger partial charge < -0.3 is 24.6 Å². The molecule has 0 spiro atoms. The number of carbonyl (C=O) groups excluding carboxylic acids is 1. The van der Waals surface area contributed by atoms with Crippen molar-refractivity contribution in [3.8, 4) is 11.6 Å². The van der Waals surface area contributed by atoms with Crippen LogP contribution in [-0.2, 0) is 12.8 Å². The Morgan fingerprint density at radius 1 is 1.10 bits per heavy atom. The number of pyridine rings is 1. The smallest absolute Gasteiger partial charge is 0.317 e. The molecule has 30 heavy (non-hydrogen) atoms. The van der Waals surface area contributed by atoms with Gasteiger partial charge in [-0.05, 0) is 43.5 Å². The second-order valence-corrected chi connectivity index (χ2v) is 7.38. The highest BCUT2D eigenvalue weighted by atomic mass is 16.5. The fourth-order valence-corrected chi connectivity index (χ4v) is 3.84. The summed E-state index contributed by atoms with van der Waals surface area (Å²) in [4.78, 5) is 21.3. The molecule has 1 aliphatic rings. The molecule has 2 amide bonds. The van der Waals surface area contributed by atoms with E-state index in [2.05, 4.69) is 34.3 Å². The number of benzene rings is 1. The summed E-state index contributed by atoms with van der Waals surface area (Å²) in [7, 11) is 3.32. The molecule has 3 rings (SSSR count). The van der Waals surface area contributed by atoms with Gasteiger partial charge in [-0.15, -0.1) is 0 Å². The van der Waals surface area contributed by atoms with Gasteiger partial charge in [-0.3, -0.25) is 0 Å². The van der Waals surface area contributed by atoms with Crippen molar-refractivity contribution in [3.63, 3.8) is 0 Å². The lowest BCUT2D eigenvalue weighted by molar-refractivity contribution is 0.194. The lowest BCUT2D eigenvalue weighted by Gasteiger charge is -2.36. The van der Waals surface area contributed by atoms with Gasteiger partial charge in [-0.2, -0.15) is 0 Å². The fourth-order valence-electron chi connectivity index (χ4n) is 3.84. The first-order chi connectivity index (χ1) is 14.6. The molecule has 0 unspecified atom stereocenters. The SMILES string of the molecule is CCc1cc(CCNC(=O)N2CCN(c3ccccc3OC)CC2)c(OC)nc1C. The van der Waals surface area contributed by atoms with Crippen molar-refractivity contribution in [2.75, 3.05) is 51.8 Å². The zero-order valence-electron chi connectivity index (χ0n) is 18.4. The average molecular weight is 413 g/mol. The third-order valence-electron chi connectivity index (χ3n) is 5.59. The zero-order valence-corrected chi connectivity index (χ0v) is 18.4. The van der Waals surface area contributed by atoms with Gasteiger partial charge in [0.1, 0.15) is 5.75 Å². The molecule has 0 aliphatic carbocycles. The third-order valence-corrected chi connectivity index (χ3v) is 5.59. The molecule has 2 aromatic rings. The first-order valence-electron chi connectivity index (χ1n) is 10.5. The normalized spacial score (nSPS) is 13.9. The van der Waals surface area contributed by atoms with Crippen molar-refractivity contribution in [2.24, 2.45) is 0 Å². The van der Waals surface area contributed by atoms with E-state index in [0.29, 0.717) is 31.9 Å². The standard InChI is InChI=1S/C23H32N4O3/c1-5-18-16-19(22(30-4)25-17(18)2)10-11-24-23(28)27-14-12-26(13-15-27)20-8-6-7-9-21(20)29-3/h6-9,16H,5,10-15H2,1-4H3,(H,24,28). The van der Waals surface area contributed by atoms with Crippen molar-refractivity contribution in [1.29, 1.82) is 0 Å². The predicted octanol–water partition coefficient (Wildman–Crippen LogP) is 3.04. The van der Waals surface area contributed by atoms with E-state index in [1.54, 1.807) is 14.2 Å². The number of nitrogens with zero attached hydrogens (tertiary/aromatic N) is 3. The van der Waals surface area contributed by atoms with Crippen LogP contribution in [0.15, 0.2) is 30.3 Å². The number of ether oxygens (including phenoxy) is 2. The Morgan fingerprint density at radius 2 is 1.83 bits per heavy atom. The maximum Gasteiger partial charge on any atom is 0.317 e. The van der Waals surface area contributed by atoms with Crippen molar-refractivity contribution in [3.05, 3.63) is 47.2 Å². The highest BCUT2D eigenvalue weighted by Gasteiger charge is 2.22. The molecule has 0 saturated carbocycles. The molecule has 162 valence electrons. The first kappa shape index (κ1) is 21.7. The predicted molar refractivity (Wildman–Crippen MR) is 119 cm³/mol. The number of hydrogen-bond donors (Lipinski definition) is 1. The minimum atomic E-state index is -0.0237.